The SMILES string of the molecule is COc1ccc(Cl)cc1CN(C)C(=O)C1CC2(CCNCC2)CN1C.Cl.Cl. The fourth-order valence-electron chi connectivity index (χ4n) is 4.32. The van der Waals surface area contributed by atoms with Crippen molar-refractivity contribution in [3.05, 3.63) is 28.8 Å². The van der Waals surface area contributed by atoms with Crippen LogP contribution in [0.3, 0.4) is 0 Å². The molecule has 154 valence electrons. The Kier molecular flexibility index (Phi) is 9.16. The Hall–Kier alpha value is -0.720. The van der Waals surface area contributed by atoms with Crippen LogP contribution < -0.4 is 10.1 Å². The fraction of sp³-hybridized carbons (Fsp3) is 0.632. The van der Waals surface area contributed by atoms with Gasteiger partial charge in [-0.2, -0.15) is 0 Å². The summed E-state index contributed by atoms with van der Waals surface area (Å²) in [6.07, 6.45) is 3.28. The minimum absolute atomic E-state index is 0. The molecule has 8 heteroatoms. The van der Waals surface area contributed by atoms with E-state index in [1.54, 1.807) is 18.1 Å². The Bertz CT molecular complexity index is 639. The highest BCUT2D eigenvalue weighted by Gasteiger charge is 2.46. The molecule has 1 unspecified atom stereocenters. The number of ether oxygens (including phenoxy) is 1. The molecule has 0 aliphatic carbocycles. The predicted molar refractivity (Wildman–Crippen MR) is 115 cm³/mol. The van der Waals surface area contributed by atoms with Crippen LogP contribution in [0.2, 0.25) is 5.02 Å². The van der Waals surface area contributed by atoms with Crippen LogP contribution in [0.25, 0.3) is 0 Å². The number of carbonyl (C=O) groups is 1. The van der Waals surface area contributed by atoms with E-state index in [1.165, 1.54) is 0 Å². The van der Waals surface area contributed by atoms with Crippen molar-refractivity contribution in [1.82, 2.24) is 15.1 Å². The van der Waals surface area contributed by atoms with Gasteiger partial charge in [0.15, 0.2) is 0 Å². The summed E-state index contributed by atoms with van der Waals surface area (Å²) >= 11 is 6.11. The molecule has 3 rings (SSSR count). The molecular weight excluding hydrogens is 409 g/mol. The first-order valence-corrected chi connectivity index (χ1v) is 9.30. The number of hydrogen-bond donors (Lipinski definition) is 1. The maximum Gasteiger partial charge on any atom is 0.239 e. The molecule has 2 fully saturated rings. The molecule has 2 aliphatic heterocycles. The summed E-state index contributed by atoms with van der Waals surface area (Å²) in [5.41, 5.74) is 1.23. The van der Waals surface area contributed by atoms with E-state index >= 15 is 0 Å². The lowest BCUT2D eigenvalue weighted by atomic mass is 9.77. The van der Waals surface area contributed by atoms with Gasteiger partial charge in [0.05, 0.1) is 13.2 Å². The first-order valence-electron chi connectivity index (χ1n) is 8.92. The van der Waals surface area contributed by atoms with Crippen molar-refractivity contribution in [2.24, 2.45) is 5.41 Å². The van der Waals surface area contributed by atoms with Gasteiger partial charge in [-0.25, -0.2) is 0 Å². The van der Waals surface area contributed by atoms with Crippen LogP contribution in [0.15, 0.2) is 18.2 Å². The lowest BCUT2D eigenvalue weighted by molar-refractivity contribution is -0.134. The zero-order chi connectivity index (χ0) is 18.0. The molecule has 1 aromatic carbocycles. The topological polar surface area (TPSA) is 44.8 Å². The Morgan fingerprint density at radius 3 is 2.67 bits per heavy atom. The van der Waals surface area contributed by atoms with E-state index in [-0.39, 0.29) is 36.8 Å². The molecule has 2 saturated heterocycles. The van der Waals surface area contributed by atoms with Gasteiger partial charge in [-0.3, -0.25) is 9.69 Å². The molecule has 1 spiro atoms. The quantitative estimate of drug-likeness (QED) is 0.784. The molecule has 27 heavy (non-hydrogen) atoms. The normalized spacial score (nSPS) is 21.3. The van der Waals surface area contributed by atoms with Crippen LogP contribution in [0.5, 0.6) is 5.75 Å². The Morgan fingerprint density at radius 2 is 2.04 bits per heavy atom. The van der Waals surface area contributed by atoms with Gasteiger partial charge < -0.3 is 15.0 Å². The number of amides is 1. The molecule has 0 bridgehead atoms. The van der Waals surface area contributed by atoms with Crippen LogP contribution in [0.4, 0.5) is 0 Å². The van der Waals surface area contributed by atoms with Gasteiger partial charge in [-0.05, 0) is 63.0 Å². The summed E-state index contributed by atoms with van der Waals surface area (Å²) in [6.45, 7) is 3.63. The predicted octanol–water partition coefficient (Wildman–Crippen LogP) is 3.22. The van der Waals surface area contributed by atoms with Crippen molar-refractivity contribution in [3.8, 4) is 5.75 Å². The molecule has 1 N–H and O–H groups in total. The van der Waals surface area contributed by atoms with E-state index in [0.717, 1.165) is 50.2 Å². The molecule has 1 amide bonds. The summed E-state index contributed by atoms with van der Waals surface area (Å²) in [5.74, 6) is 0.943. The summed E-state index contributed by atoms with van der Waals surface area (Å²) in [4.78, 5) is 17.1. The highest BCUT2D eigenvalue weighted by molar-refractivity contribution is 6.30. The van der Waals surface area contributed by atoms with Gasteiger partial charge in [0.1, 0.15) is 5.75 Å². The Labute approximate surface area is 179 Å². The highest BCUT2D eigenvalue weighted by Crippen LogP contribution is 2.41. The first-order chi connectivity index (χ1) is 11.9. The lowest BCUT2D eigenvalue weighted by Crippen LogP contribution is -2.42. The van der Waals surface area contributed by atoms with Crippen LogP contribution in [-0.2, 0) is 11.3 Å². The van der Waals surface area contributed by atoms with Gasteiger partial charge in [0.2, 0.25) is 5.91 Å². The number of halogens is 3. The largest absolute Gasteiger partial charge is 0.496 e. The summed E-state index contributed by atoms with van der Waals surface area (Å²) < 4.78 is 5.40. The van der Waals surface area contributed by atoms with Crippen LogP contribution in [-0.4, -0.2) is 62.6 Å². The highest BCUT2D eigenvalue weighted by atomic mass is 35.5. The maximum atomic E-state index is 13.1. The second-order valence-electron chi connectivity index (χ2n) is 7.54. The van der Waals surface area contributed by atoms with Gasteiger partial charge in [0.25, 0.3) is 0 Å². The van der Waals surface area contributed by atoms with E-state index in [2.05, 4.69) is 17.3 Å². The van der Waals surface area contributed by atoms with Crippen molar-refractivity contribution in [2.75, 3.05) is 40.8 Å². The number of benzene rings is 1. The second-order valence-corrected chi connectivity index (χ2v) is 7.97. The standard InChI is InChI=1S/C19H28ClN3O2.2ClH/c1-22(12-14-10-15(20)4-5-17(14)25-3)18(24)16-11-19(13-23(16)2)6-8-21-9-7-19;;/h4-5,10,16,21H,6-9,11-13H2,1-3H3;2*1H. The molecule has 0 saturated carbocycles. The van der Waals surface area contributed by atoms with Crippen molar-refractivity contribution in [3.63, 3.8) is 0 Å². The Balaban J connectivity index is 0.00000182. The van der Waals surface area contributed by atoms with E-state index in [0.29, 0.717) is 17.0 Å². The average molecular weight is 439 g/mol. The van der Waals surface area contributed by atoms with Gasteiger partial charge in [-0.1, -0.05) is 11.6 Å². The third-order valence-corrected chi connectivity index (χ3v) is 5.95. The first kappa shape index (κ1) is 24.3. The number of methoxy groups -OCH3 is 1. The third-order valence-electron chi connectivity index (χ3n) is 5.72. The molecule has 0 radical (unpaired) electrons. The minimum atomic E-state index is -0.0340. The summed E-state index contributed by atoms with van der Waals surface area (Å²) in [7, 11) is 5.58. The zero-order valence-electron chi connectivity index (χ0n) is 16.2. The smallest absolute Gasteiger partial charge is 0.239 e. The monoisotopic (exact) mass is 437 g/mol. The Morgan fingerprint density at radius 1 is 1.37 bits per heavy atom. The van der Waals surface area contributed by atoms with Crippen molar-refractivity contribution in [2.45, 2.75) is 31.8 Å². The molecular formula is C19H30Cl3N3O2. The summed E-state index contributed by atoms with van der Waals surface area (Å²) in [5, 5.41) is 4.08. The van der Waals surface area contributed by atoms with Crippen molar-refractivity contribution >= 4 is 42.3 Å². The molecule has 1 aromatic rings. The molecule has 1 atom stereocenters. The van der Waals surface area contributed by atoms with Gasteiger partial charge >= 0.3 is 0 Å². The minimum Gasteiger partial charge on any atom is -0.496 e. The number of likely N-dealkylation sites (tertiary alicyclic amines) is 1. The fourth-order valence-corrected chi connectivity index (χ4v) is 4.52. The lowest BCUT2D eigenvalue weighted by Gasteiger charge is -2.33. The van der Waals surface area contributed by atoms with Crippen molar-refractivity contribution in [1.29, 1.82) is 0 Å². The summed E-state index contributed by atoms with van der Waals surface area (Å²) in [6, 6.07) is 5.49. The average Bonchev–Trinajstić information content (AvgIpc) is 2.90. The number of likely N-dealkylation sites (N-methyl/N-ethyl adjacent to an activating group) is 2. The van der Waals surface area contributed by atoms with E-state index in [1.807, 2.05) is 19.2 Å². The number of nitrogens with zero attached hydrogens (tertiary/aromatic N) is 2. The molecule has 5 nitrogen and oxygen atoms in total. The second kappa shape index (κ2) is 10.2. The van der Waals surface area contributed by atoms with Crippen LogP contribution in [0, 0.1) is 5.41 Å². The molecule has 0 aromatic heterocycles. The van der Waals surface area contributed by atoms with Crippen LogP contribution >= 0.6 is 36.4 Å². The van der Waals surface area contributed by atoms with E-state index < -0.39 is 0 Å². The van der Waals surface area contributed by atoms with Gasteiger partial charge in [-0.15, -0.1) is 24.8 Å². The number of hydrogen-bond acceptors (Lipinski definition) is 4. The maximum absolute atomic E-state index is 13.1. The van der Waals surface area contributed by atoms with Crippen molar-refractivity contribution < 1.29 is 9.53 Å². The van der Waals surface area contributed by atoms with E-state index in [9.17, 15) is 4.79 Å². The molecule has 2 heterocycles. The third kappa shape index (κ3) is 5.42. The number of nitrogens with one attached hydrogen (secondary N) is 1. The van der Waals surface area contributed by atoms with E-state index in [4.69, 9.17) is 16.3 Å². The number of piperidine rings is 1. The zero-order valence-corrected chi connectivity index (χ0v) is 18.6. The van der Waals surface area contributed by atoms with Crippen LogP contribution in [0.1, 0.15) is 24.8 Å². The number of carbonyl (C=O) groups excluding carboxylic acids is 1. The van der Waals surface area contributed by atoms with Gasteiger partial charge in [0, 0.05) is 30.7 Å². The molecule has 2 aliphatic rings. The number of rotatable bonds is 4.